The van der Waals surface area contributed by atoms with Crippen LogP contribution in [-0.4, -0.2) is 21.2 Å². The zero-order valence-electron chi connectivity index (χ0n) is 8.37. The number of nitrogens with one attached hydrogen (secondary N) is 2. The summed E-state index contributed by atoms with van der Waals surface area (Å²) in [5.74, 6) is -0.283. The molecule has 1 amide bonds. The number of phenols is 1. The third-order valence-corrected chi connectivity index (χ3v) is 3.86. The van der Waals surface area contributed by atoms with Crippen molar-refractivity contribution in [1.29, 1.82) is 0 Å². The van der Waals surface area contributed by atoms with Crippen LogP contribution in [0.25, 0.3) is 0 Å². The predicted molar refractivity (Wildman–Crippen MR) is 70.0 cm³/mol. The highest BCUT2D eigenvalue weighted by molar-refractivity contribution is 9.13. The number of aromatic nitrogens is 2. The van der Waals surface area contributed by atoms with Crippen molar-refractivity contribution in [2.24, 2.45) is 0 Å². The van der Waals surface area contributed by atoms with Crippen molar-refractivity contribution in [3.05, 3.63) is 39.0 Å². The molecule has 1 heterocycles. The van der Waals surface area contributed by atoms with Gasteiger partial charge in [-0.2, -0.15) is 5.10 Å². The topological polar surface area (TPSA) is 78.0 Å². The van der Waals surface area contributed by atoms with Crippen molar-refractivity contribution in [2.45, 2.75) is 0 Å². The van der Waals surface area contributed by atoms with Gasteiger partial charge in [-0.1, -0.05) is 6.07 Å². The van der Waals surface area contributed by atoms with Crippen LogP contribution >= 0.6 is 31.9 Å². The Morgan fingerprint density at radius 2 is 2.18 bits per heavy atom. The van der Waals surface area contributed by atoms with Crippen molar-refractivity contribution in [2.75, 3.05) is 5.32 Å². The average molecular weight is 361 g/mol. The summed E-state index contributed by atoms with van der Waals surface area (Å²) in [5, 5.41) is 18.4. The largest absolute Gasteiger partial charge is 0.508 e. The number of benzene rings is 1. The van der Waals surface area contributed by atoms with Crippen LogP contribution in [0, 0.1) is 0 Å². The van der Waals surface area contributed by atoms with Gasteiger partial charge in [0.1, 0.15) is 10.4 Å². The lowest BCUT2D eigenvalue weighted by molar-refractivity contribution is 0.102. The maximum atomic E-state index is 11.8. The van der Waals surface area contributed by atoms with Crippen molar-refractivity contribution in [3.63, 3.8) is 0 Å². The maximum absolute atomic E-state index is 11.8. The Balaban J connectivity index is 2.20. The van der Waals surface area contributed by atoms with Gasteiger partial charge in [-0.25, -0.2) is 0 Å². The molecule has 0 saturated heterocycles. The first kappa shape index (κ1) is 12.1. The molecule has 0 spiro atoms. The third-order valence-electron chi connectivity index (χ3n) is 1.99. The van der Waals surface area contributed by atoms with E-state index in [0.29, 0.717) is 14.8 Å². The summed E-state index contributed by atoms with van der Waals surface area (Å²) in [7, 11) is 0. The van der Waals surface area contributed by atoms with Gasteiger partial charge in [-0.3, -0.25) is 9.89 Å². The molecule has 0 aliphatic rings. The van der Waals surface area contributed by atoms with Crippen LogP contribution in [0.4, 0.5) is 5.69 Å². The van der Waals surface area contributed by atoms with Crippen molar-refractivity contribution >= 4 is 43.5 Å². The first-order valence-electron chi connectivity index (χ1n) is 4.57. The van der Waals surface area contributed by atoms with Crippen molar-refractivity contribution < 1.29 is 9.90 Å². The number of amides is 1. The van der Waals surface area contributed by atoms with E-state index < -0.39 is 0 Å². The van der Waals surface area contributed by atoms with E-state index >= 15 is 0 Å². The van der Waals surface area contributed by atoms with Gasteiger partial charge < -0.3 is 10.4 Å². The van der Waals surface area contributed by atoms with E-state index in [2.05, 4.69) is 47.4 Å². The van der Waals surface area contributed by atoms with E-state index in [1.165, 1.54) is 12.1 Å². The van der Waals surface area contributed by atoms with Crippen molar-refractivity contribution in [1.82, 2.24) is 10.2 Å². The number of carbonyl (C=O) groups is 1. The van der Waals surface area contributed by atoms with E-state index in [0.717, 1.165) is 0 Å². The minimum atomic E-state index is -0.371. The fourth-order valence-corrected chi connectivity index (χ4v) is 1.87. The van der Waals surface area contributed by atoms with Crippen LogP contribution < -0.4 is 5.32 Å². The van der Waals surface area contributed by atoms with Crippen LogP contribution in [-0.2, 0) is 0 Å². The Hall–Kier alpha value is -1.34. The average Bonchev–Trinajstić information content (AvgIpc) is 2.60. The fourth-order valence-electron chi connectivity index (χ4n) is 1.23. The van der Waals surface area contributed by atoms with Crippen LogP contribution in [0.15, 0.2) is 33.3 Å². The van der Waals surface area contributed by atoms with Crippen LogP contribution in [0.5, 0.6) is 5.75 Å². The Labute approximate surface area is 113 Å². The minimum absolute atomic E-state index is 0.0880. The number of aromatic hydroxyl groups is 1. The number of halogens is 2. The maximum Gasteiger partial charge on any atom is 0.277 e. The molecule has 0 bridgehead atoms. The highest BCUT2D eigenvalue weighted by atomic mass is 79.9. The van der Waals surface area contributed by atoms with E-state index in [4.69, 9.17) is 0 Å². The number of nitrogens with zero attached hydrogens (tertiary/aromatic N) is 1. The molecule has 0 aliphatic carbocycles. The van der Waals surface area contributed by atoms with Gasteiger partial charge in [-0.05, 0) is 44.0 Å². The molecule has 88 valence electrons. The molecule has 2 rings (SSSR count). The molecule has 3 N–H and O–H groups in total. The summed E-state index contributed by atoms with van der Waals surface area (Å²) >= 11 is 6.42. The summed E-state index contributed by atoms with van der Waals surface area (Å²) in [6.07, 6.45) is 0. The number of hydrogen-bond acceptors (Lipinski definition) is 3. The smallest absolute Gasteiger partial charge is 0.277 e. The lowest BCUT2D eigenvalue weighted by Gasteiger charge is -2.03. The summed E-state index contributed by atoms with van der Waals surface area (Å²) in [5.41, 5.74) is 0.737. The second kappa shape index (κ2) is 4.89. The number of rotatable bonds is 2. The van der Waals surface area contributed by atoms with Crippen LogP contribution in [0.3, 0.4) is 0 Å². The summed E-state index contributed by atoms with van der Waals surface area (Å²) in [4.78, 5) is 11.8. The molecule has 17 heavy (non-hydrogen) atoms. The predicted octanol–water partition coefficient (Wildman–Crippen LogP) is 2.89. The first-order chi connectivity index (χ1) is 8.08. The van der Waals surface area contributed by atoms with Gasteiger partial charge in [-0.15, -0.1) is 0 Å². The van der Waals surface area contributed by atoms with Gasteiger partial charge >= 0.3 is 0 Å². The highest BCUT2D eigenvalue weighted by Gasteiger charge is 2.16. The molecule has 0 saturated carbocycles. The summed E-state index contributed by atoms with van der Waals surface area (Å²) in [6.45, 7) is 0. The molecule has 0 fully saturated rings. The number of phenolic OH excluding ortho intramolecular Hbond substituents is 1. The molecule has 5 nitrogen and oxygen atoms in total. The standard InChI is InChI=1S/C10H7Br2N3O2/c11-7-8(14-15-9(7)12)10(17)13-5-2-1-3-6(16)4-5/h1-4,16H,(H,13,17)(H,14,15). The van der Waals surface area contributed by atoms with Gasteiger partial charge in [0.15, 0.2) is 5.69 Å². The second-order valence-corrected chi connectivity index (χ2v) is 4.79. The molecule has 0 atom stereocenters. The molecule has 0 radical (unpaired) electrons. The van der Waals surface area contributed by atoms with E-state index in [1.54, 1.807) is 12.1 Å². The number of H-pyrrole nitrogens is 1. The van der Waals surface area contributed by atoms with Gasteiger partial charge in [0.25, 0.3) is 5.91 Å². The lowest BCUT2D eigenvalue weighted by atomic mass is 10.3. The Morgan fingerprint density at radius 3 is 2.76 bits per heavy atom. The van der Waals surface area contributed by atoms with Crippen LogP contribution in [0.1, 0.15) is 10.5 Å². The molecular formula is C10H7Br2N3O2. The number of aromatic amines is 1. The number of hydrogen-bond donors (Lipinski definition) is 3. The van der Waals surface area contributed by atoms with E-state index in [-0.39, 0.29) is 17.4 Å². The van der Waals surface area contributed by atoms with Crippen LogP contribution in [0.2, 0.25) is 0 Å². The third kappa shape index (κ3) is 2.67. The normalized spacial score (nSPS) is 10.2. The second-order valence-electron chi connectivity index (χ2n) is 3.20. The first-order valence-corrected chi connectivity index (χ1v) is 6.16. The Morgan fingerprint density at radius 1 is 1.41 bits per heavy atom. The minimum Gasteiger partial charge on any atom is -0.508 e. The number of carbonyl (C=O) groups excluding carboxylic acids is 1. The van der Waals surface area contributed by atoms with Gasteiger partial charge in [0, 0.05) is 11.8 Å². The molecule has 0 aliphatic heterocycles. The molecule has 1 aromatic heterocycles. The fraction of sp³-hybridized carbons (Fsp3) is 0. The van der Waals surface area contributed by atoms with Crippen molar-refractivity contribution in [3.8, 4) is 5.75 Å². The monoisotopic (exact) mass is 359 g/mol. The summed E-state index contributed by atoms with van der Waals surface area (Å²) < 4.78 is 1.15. The lowest BCUT2D eigenvalue weighted by Crippen LogP contribution is -2.12. The SMILES string of the molecule is O=C(Nc1cccc(O)c1)c1n[nH]c(Br)c1Br. The van der Waals surface area contributed by atoms with Gasteiger partial charge in [0.2, 0.25) is 0 Å². The Bertz CT molecular complexity index is 568. The molecule has 0 unspecified atom stereocenters. The molecule has 7 heteroatoms. The van der Waals surface area contributed by atoms with E-state index in [1.807, 2.05) is 0 Å². The quantitative estimate of drug-likeness (QED) is 0.770. The molecular weight excluding hydrogens is 354 g/mol. The van der Waals surface area contributed by atoms with Gasteiger partial charge in [0.05, 0.1) is 4.47 Å². The van der Waals surface area contributed by atoms with E-state index in [9.17, 15) is 9.90 Å². The zero-order valence-corrected chi connectivity index (χ0v) is 11.5. The molecule has 2 aromatic rings. The summed E-state index contributed by atoms with van der Waals surface area (Å²) in [6, 6.07) is 6.29. The Kier molecular flexibility index (Phi) is 3.49. The highest BCUT2D eigenvalue weighted by Crippen LogP contribution is 2.25. The molecule has 1 aromatic carbocycles. The number of anilines is 1. The zero-order chi connectivity index (χ0) is 12.4.